The van der Waals surface area contributed by atoms with Gasteiger partial charge in [0.05, 0.1) is 6.10 Å². The summed E-state index contributed by atoms with van der Waals surface area (Å²) in [6.45, 7) is 2.63. The summed E-state index contributed by atoms with van der Waals surface area (Å²) in [6, 6.07) is 23.9. The highest BCUT2D eigenvalue weighted by atomic mass is 35.5. The first-order valence-corrected chi connectivity index (χ1v) is 12.2. The van der Waals surface area contributed by atoms with Gasteiger partial charge in [-0.05, 0) is 60.9 Å². The van der Waals surface area contributed by atoms with Gasteiger partial charge < -0.3 is 25.4 Å². The van der Waals surface area contributed by atoms with Gasteiger partial charge in [0.25, 0.3) is 5.91 Å². The number of rotatable bonds is 14. The summed E-state index contributed by atoms with van der Waals surface area (Å²) in [4.78, 5) is 13.0. The molecule has 36 heavy (non-hydrogen) atoms. The molecule has 0 aliphatic carbocycles. The predicted molar refractivity (Wildman–Crippen MR) is 140 cm³/mol. The third-order valence-electron chi connectivity index (χ3n) is 5.73. The molecule has 192 valence electrons. The molecular weight excluding hydrogens is 480 g/mol. The maximum atomic E-state index is 10.9. The van der Waals surface area contributed by atoms with Gasteiger partial charge in [0.1, 0.15) is 24.2 Å². The zero-order valence-corrected chi connectivity index (χ0v) is 21.1. The molecule has 8 heteroatoms. The fourth-order valence-corrected chi connectivity index (χ4v) is 4.05. The molecule has 4 N–H and O–H groups in total. The molecule has 0 aliphatic heterocycles. The monoisotopic (exact) mass is 512 g/mol. The van der Waals surface area contributed by atoms with Crippen LogP contribution in [0.15, 0.2) is 78.9 Å². The van der Waals surface area contributed by atoms with Crippen LogP contribution in [0.4, 0.5) is 0 Å². The fraction of sp³-hybridized carbons (Fsp3) is 0.321. The highest BCUT2D eigenvalue weighted by Gasteiger charge is 2.22. The van der Waals surface area contributed by atoms with Gasteiger partial charge in [-0.3, -0.25) is 9.69 Å². The predicted octanol–water partition coefficient (Wildman–Crippen LogP) is 3.61. The van der Waals surface area contributed by atoms with Crippen LogP contribution < -0.4 is 15.2 Å². The van der Waals surface area contributed by atoms with Crippen molar-refractivity contribution >= 4 is 17.5 Å². The van der Waals surface area contributed by atoms with E-state index in [1.807, 2.05) is 60.4 Å². The number of aliphatic hydroxyl groups is 2. The summed E-state index contributed by atoms with van der Waals surface area (Å²) >= 11 is 6.11. The Labute approximate surface area is 217 Å². The van der Waals surface area contributed by atoms with Crippen LogP contribution in [0.1, 0.15) is 24.2 Å². The average Bonchev–Trinajstić information content (AvgIpc) is 2.87. The first-order valence-electron chi connectivity index (χ1n) is 11.8. The summed E-state index contributed by atoms with van der Waals surface area (Å²) in [5, 5.41) is 22.2. The van der Waals surface area contributed by atoms with Crippen molar-refractivity contribution in [3.8, 4) is 11.5 Å². The van der Waals surface area contributed by atoms with Gasteiger partial charge in [-0.2, -0.15) is 0 Å². The van der Waals surface area contributed by atoms with E-state index >= 15 is 0 Å². The van der Waals surface area contributed by atoms with Crippen molar-refractivity contribution in [1.29, 1.82) is 0 Å². The number of benzene rings is 3. The van der Waals surface area contributed by atoms with E-state index < -0.39 is 18.1 Å². The van der Waals surface area contributed by atoms with Gasteiger partial charge in [-0.1, -0.05) is 54.1 Å². The summed E-state index contributed by atoms with van der Waals surface area (Å²) < 4.78 is 11.0. The van der Waals surface area contributed by atoms with Gasteiger partial charge in [-0.15, -0.1) is 0 Å². The standard InChI is InChI=1S/C28H33ClN2O5/c1-20(14-21-10-12-26(13-11-21)36-19-28(30)34)31(17-27(33)22-6-5-7-23(29)15-22)16-24(32)18-35-25-8-3-2-4-9-25/h2-13,15,20,24,27,32-33H,14,16-19H2,1H3,(H2,30,34). The number of carbonyl (C=O) groups is 1. The molecule has 3 aromatic rings. The Morgan fingerprint density at radius 3 is 2.31 bits per heavy atom. The largest absolute Gasteiger partial charge is 0.491 e. The summed E-state index contributed by atoms with van der Waals surface area (Å²) in [5.41, 5.74) is 6.89. The molecular formula is C28H33ClN2O5. The second-order valence-electron chi connectivity index (χ2n) is 8.75. The van der Waals surface area contributed by atoms with Crippen LogP contribution in [-0.2, 0) is 11.2 Å². The van der Waals surface area contributed by atoms with E-state index in [-0.39, 0.29) is 19.3 Å². The maximum absolute atomic E-state index is 10.9. The summed E-state index contributed by atoms with van der Waals surface area (Å²) in [5.74, 6) is 0.720. The lowest BCUT2D eigenvalue weighted by Gasteiger charge is -2.33. The molecule has 0 aromatic heterocycles. The van der Waals surface area contributed by atoms with Gasteiger partial charge in [0, 0.05) is 24.2 Å². The second kappa shape index (κ2) is 13.8. The molecule has 3 atom stereocenters. The smallest absolute Gasteiger partial charge is 0.255 e. The lowest BCUT2D eigenvalue weighted by molar-refractivity contribution is -0.119. The molecule has 0 spiro atoms. The minimum absolute atomic E-state index is 0.0115. The van der Waals surface area contributed by atoms with Crippen LogP contribution in [-0.4, -0.2) is 59.5 Å². The van der Waals surface area contributed by atoms with E-state index in [1.54, 1.807) is 30.3 Å². The first-order chi connectivity index (χ1) is 17.3. The number of nitrogens with two attached hydrogens (primary N) is 1. The molecule has 1 amide bonds. The minimum Gasteiger partial charge on any atom is -0.491 e. The number of amides is 1. The molecule has 0 radical (unpaired) electrons. The van der Waals surface area contributed by atoms with Crippen molar-refractivity contribution in [2.24, 2.45) is 5.73 Å². The first kappa shape index (κ1) is 27.5. The third-order valence-corrected chi connectivity index (χ3v) is 5.97. The van der Waals surface area contributed by atoms with Crippen molar-refractivity contribution in [3.63, 3.8) is 0 Å². The minimum atomic E-state index is -0.780. The average molecular weight is 513 g/mol. The van der Waals surface area contributed by atoms with Crippen LogP contribution in [0, 0.1) is 0 Å². The second-order valence-corrected chi connectivity index (χ2v) is 9.19. The van der Waals surface area contributed by atoms with Crippen LogP contribution in [0.25, 0.3) is 0 Å². The number of aliphatic hydroxyl groups excluding tert-OH is 2. The van der Waals surface area contributed by atoms with E-state index in [2.05, 4.69) is 0 Å². The number of hydrogen-bond donors (Lipinski definition) is 3. The van der Waals surface area contributed by atoms with Crippen LogP contribution in [0.5, 0.6) is 11.5 Å². The number of ether oxygens (including phenoxy) is 2. The van der Waals surface area contributed by atoms with Crippen molar-refractivity contribution in [3.05, 3.63) is 95.0 Å². The lowest BCUT2D eigenvalue weighted by Crippen LogP contribution is -2.44. The molecule has 7 nitrogen and oxygen atoms in total. The van der Waals surface area contributed by atoms with Crippen molar-refractivity contribution in [1.82, 2.24) is 4.90 Å². The summed E-state index contributed by atoms with van der Waals surface area (Å²) in [6.07, 6.45) is -0.869. The molecule has 0 bridgehead atoms. The summed E-state index contributed by atoms with van der Waals surface area (Å²) in [7, 11) is 0. The Hall–Kier alpha value is -3.10. The van der Waals surface area contributed by atoms with Crippen LogP contribution in [0.2, 0.25) is 5.02 Å². The van der Waals surface area contributed by atoms with Gasteiger partial charge in [-0.25, -0.2) is 0 Å². The zero-order valence-electron chi connectivity index (χ0n) is 20.3. The van der Waals surface area contributed by atoms with Crippen LogP contribution in [0.3, 0.4) is 0 Å². The Morgan fingerprint density at radius 1 is 0.944 bits per heavy atom. The molecule has 0 heterocycles. The van der Waals surface area contributed by atoms with Crippen molar-refractivity contribution in [2.45, 2.75) is 31.6 Å². The molecule has 3 aromatic carbocycles. The van der Waals surface area contributed by atoms with E-state index in [9.17, 15) is 15.0 Å². The lowest BCUT2D eigenvalue weighted by atomic mass is 10.0. The Balaban J connectivity index is 1.66. The number of halogens is 1. The molecule has 0 aliphatic rings. The molecule has 0 fully saturated rings. The third kappa shape index (κ3) is 9.17. The number of primary amides is 1. The normalized spacial score (nSPS) is 13.7. The molecule has 3 rings (SSSR count). The number of nitrogens with zero attached hydrogens (tertiary/aromatic N) is 1. The van der Waals surface area contributed by atoms with E-state index in [4.69, 9.17) is 26.8 Å². The SMILES string of the molecule is CC(Cc1ccc(OCC(N)=O)cc1)N(CC(O)COc1ccccc1)CC(O)c1cccc(Cl)c1. The highest BCUT2D eigenvalue weighted by molar-refractivity contribution is 6.30. The van der Waals surface area contributed by atoms with E-state index in [0.717, 1.165) is 5.56 Å². The topological polar surface area (TPSA) is 105 Å². The number of para-hydroxylation sites is 1. The van der Waals surface area contributed by atoms with E-state index in [0.29, 0.717) is 41.6 Å². The Kier molecular flexibility index (Phi) is 10.6. The van der Waals surface area contributed by atoms with Gasteiger partial charge in [0.2, 0.25) is 0 Å². The van der Waals surface area contributed by atoms with Gasteiger partial charge >= 0.3 is 0 Å². The number of carbonyl (C=O) groups excluding carboxylic acids is 1. The molecule has 0 saturated heterocycles. The van der Waals surface area contributed by atoms with E-state index in [1.165, 1.54) is 0 Å². The maximum Gasteiger partial charge on any atom is 0.255 e. The highest BCUT2D eigenvalue weighted by Crippen LogP contribution is 2.22. The molecule has 3 unspecified atom stereocenters. The van der Waals surface area contributed by atoms with Gasteiger partial charge in [0.15, 0.2) is 6.61 Å². The van der Waals surface area contributed by atoms with Crippen LogP contribution >= 0.6 is 11.6 Å². The Morgan fingerprint density at radius 2 is 1.64 bits per heavy atom. The number of hydrogen-bond acceptors (Lipinski definition) is 6. The molecule has 0 saturated carbocycles. The zero-order chi connectivity index (χ0) is 25.9. The Bertz CT molecular complexity index is 1080. The van der Waals surface area contributed by atoms with Crippen molar-refractivity contribution in [2.75, 3.05) is 26.3 Å². The fourth-order valence-electron chi connectivity index (χ4n) is 3.85. The quantitative estimate of drug-likeness (QED) is 0.305. The van der Waals surface area contributed by atoms with Crippen molar-refractivity contribution < 1.29 is 24.5 Å².